The van der Waals surface area contributed by atoms with Crippen LogP contribution in [-0.4, -0.2) is 32.1 Å². The molecule has 0 aliphatic heterocycles. The van der Waals surface area contributed by atoms with E-state index in [-0.39, 0.29) is 11.9 Å². The summed E-state index contributed by atoms with van der Waals surface area (Å²) in [5, 5.41) is 3.91. The highest BCUT2D eigenvalue weighted by molar-refractivity contribution is 8.00. The van der Waals surface area contributed by atoms with Gasteiger partial charge in [0.1, 0.15) is 5.03 Å². The Balaban J connectivity index is 1.37. The van der Waals surface area contributed by atoms with E-state index in [4.69, 9.17) is 0 Å². The third-order valence-electron chi connectivity index (χ3n) is 4.66. The number of pyridine rings is 1. The van der Waals surface area contributed by atoms with Crippen LogP contribution < -0.4 is 5.32 Å². The first-order valence-corrected chi connectivity index (χ1v) is 10.4. The lowest BCUT2D eigenvalue weighted by Crippen LogP contribution is -2.34. The van der Waals surface area contributed by atoms with Crippen molar-refractivity contribution in [3.63, 3.8) is 0 Å². The molecular formula is C22H22N4OS. The number of hydrogen-bond acceptors (Lipinski definition) is 4. The molecule has 4 aromatic rings. The Kier molecular flexibility index (Phi) is 5.58. The number of nitrogens with one attached hydrogen (secondary N) is 1. The maximum atomic E-state index is 12.4. The second kappa shape index (κ2) is 8.44. The molecule has 0 spiro atoms. The van der Waals surface area contributed by atoms with Gasteiger partial charge in [0, 0.05) is 18.4 Å². The Morgan fingerprint density at radius 2 is 1.93 bits per heavy atom. The summed E-state index contributed by atoms with van der Waals surface area (Å²) in [7, 11) is 0. The molecule has 0 bridgehead atoms. The van der Waals surface area contributed by atoms with Crippen molar-refractivity contribution in [1.82, 2.24) is 19.7 Å². The number of aryl methyl sites for hydroxylation is 1. The van der Waals surface area contributed by atoms with Gasteiger partial charge in [0.15, 0.2) is 5.65 Å². The second-order valence-electron chi connectivity index (χ2n) is 6.81. The van der Waals surface area contributed by atoms with Crippen LogP contribution in [0.5, 0.6) is 0 Å². The fourth-order valence-corrected chi connectivity index (χ4v) is 4.05. The molecule has 4 rings (SSSR count). The summed E-state index contributed by atoms with van der Waals surface area (Å²) < 4.78 is 2.07. The van der Waals surface area contributed by atoms with Crippen LogP contribution in [-0.2, 0) is 11.2 Å². The number of carbonyl (C=O) groups is 1. The number of amides is 1. The highest BCUT2D eigenvalue weighted by atomic mass is 32.2. The molecule has 0 aliphatic rings. The molecule has 142 valence electrons. The second-order valence-corrected chi connectivity index (χ2v) is 7.77. The smallest absolute Gasteiger partial charge is 0.230 e. The van der Waals surface area contributed by atoms with E-state index in [0.717, 1.165) is 28.9 Å². The molecular weight excluding hydrogens is 368 g/mol. The van der Waals surface area contributed by atoms with Gasteiger partial charge in [0.05, 0.1) is 16.8 Å². The van der Waals surface area contributed by atoms with E-state index in [9.17, 15) is 4.79 Å². The van der Waals surface area contributed by atoms with Crippen LogP contribution in [0.1, 0.15) is 18.9 Å². The van der Waals surface area contributed by atoms with Crippen LogP contribution in [0.4, 0.5) is 0 Å². The van der Waals surface area contributed by atoms with Gasteiger partial charge in [-0.1, -0.05) is 42.1 Å². The molecule has 3 heterocycles. The van der Waals surface area contributed by atoms with E-state index >= 15 is 0 Å². The van der Waals surface area contributed by atoms with Gasteiger partial charge >= 0.3 is 0 Å². The third-order valence-corrected chi connectivity index (χ3v) is 5.64. The summed E-state index contributed by atoms with van der Waals surface area (Å²) in [5.74, 6) is 0.361. The maximum Gasteiger partial charge on any atom is 0.230 e. The molecule has 28 heavy (non-hydrogen) atoms. The van der Waals surface area contributed by atoms with Crippen molar-refractivity contribution in [2.75, 3.05) is 5.75 Å². The zero-order chi connectivity index (χ0) is 19.3. The summed E-state index contributed by atoms with van der Waals surface area (Å²) in [4.78, 5) is 21.4. The fraction of sp³-hybridized carbons (Fsp3) is 0.227. The van der Waals surface area contributed by atoms with Gasteiger partial charge in [0.2, 0.25) is 5.91 Å². The van der Waals surface area contributed by atoms with E-state index < -0.39 is 0 Å². The zero-order valence-corrected chi connectivity index (χ0v) is 16.5. The molecule has 3 aromatic heterocycles. The minimum Gasteiger partial charge on any atom is -0.353 e. The van der Waals surface area contributed by atoms with Gasteiger partial charge in [-0.15, -0.1) is 0 Å². The summed E-state index contributed by atoms with van der Waals surface area (Å²) in [6.07, 6.45) is 5.61. The summed E-state index contributed by atoms with van der Waals surface area (Å²) in [5.41, 5.74) is 3.94. The van der Waals surface area contributed by atoms with E-state index in [0.29, 0.717) is 11.4 Å². The lowest BCUT2D eigenvalue weighted by Gasteiger charge is -2.14. The molecule has 0 aliphatic carbocycles. The van der Waals surface area contributed by atoms with Crippen molar-refractivity contribution in [3.8, 4) is 0 Å². The predicted molar refractivity (Wildman–Crippen MR) is 114 cm³/mol. The molecule has 1 atom stereocenters. The normalized spacial score (nSPS) is 12.3. The van der Waals surface area contributed by atoms with Crippen molar-refractivity contribution in [1.29, 1.82) is 0 Å². The number of aromatic nitrogens is 3. The number of rotatable bonds is 7. The first kappa shape index (κ1) is 18.5. The van der Waals surface area contributed by atoms with E-state index in [1.54, 1.807) is 6.20 Å². The Bertz CT molecular complexity index is 1090. The van der Waals surface area contributed by atoms with Crippen LogP contribution in [0, 0.1) is 0 Å². The molecule has 6 heteroatoms. The van der Waals surface area contributed by atoms with E-state index in [2.05, 4.69) is 38.7 Å². The molecule has 0 radical (unpaired) electrons. The highest BCUT2D eigenvalue weighted by Gasteiger charge is 2.13. The number of thioether (sulfide) groups is 1. The summed E-state index contributed by atoms with van der Waals surface area (Å²) >= 11 is 1.45. The molecule has 1 unspecified atom stereocenters. The molecule has 1 N–H and O–H groups in total. The summed E-state index contributed by atoms with van der Waals surface area (Å²) in [6, 6.07) is 18.4. The average Bonchev–Trinajstić information content (AvgIpc) is 3.22. The molecule has 1 aromatic carbocycles. The fourth-order valence-electron chi connectivity index (χ4n) is 3.24. The molecule has 5 nitrogen and oxygen atoms in total. The van der Waals surface area contributed by atoms with Gasteiger partial charge in [-0.25, -0.2) is 9.97 Å². The SMILES string of the molecule is CC(CCc1ccccc1)NC(=O)CSc1nc2ncccc2n2cccc12. The first-order valence-electron chi connectivity index (χ1n) is 9.38. The van der Waals surface area contributed by atoms with Crippen LogP contribution >= 0.6 is 11.8 Å². The van der Waals surface area contributed by atoms with Gasteiger partial charge in [0.25, 0.3) is 0 Å². The number of fused-ring (bicyclic) bond motifs is 3. The average molecular weight is 391 g/mol. The third kappa shape index (κ3) is 4.17. The van der Waals surface area contributed by atoms with Crippen molar-refractivity contribution in [2.45, 2.75) is 30.8 Å². The van der Waals surface area contributed by atoms with Crippen molar-refractivity contribution < 1.29 is 4.79 Å². The quantitative estimate of drug-likeness (QED) is 0.483. The Morgan fingerprint density at radius 3 is 2.79 bits per heavy atom. The standard InChI is InChI=1S/C22H22N4OS/c1-16(11-12-17-7-3-2-4-8-17)24-20(27)15-28-22-19-10-6-14-26(19)18-9-5-13-23-21(18)25-22/h2-10,13-14,16H,11-12,15H2,1H3,(H,24,27). The van der Waals surface area contributed by atoms with Crippen LogP contribution in [0.15, 0.2) is 72.0 Å². The minimum atomic E-state index is 0.0261. The topological polar surface area (TPSA) is 59.3 Å². The maximum absolute atomic E-state index is 12.4. The Morgan fingerprint density at radius 1 is 1.11 bits per heavy atom. The first-order chi connectivity index (χ1) is 13.7. The number of nitrogens with zero attached hydrogens (tertiary/aromatic N) is 3. The van der Waals surface area contributed by atoms with Crippen molar-refractivity contribution in [3.05, 3.63) is 72.6 Å². The van der Waals surface area contributed by atoms with Gasteiger partial charge in [-0.3, -0.25) is 4.79 Å². The number of hydrogen-bond donors (Lipinski definition) is 1. The van der Waals surface area contributed by atoms with Gasteiger partial charge in [-0.05, 0) is 49.6 Å². The Labute approximate surface area is 168 Å². The van der Waals surface area contributed by atoms with Crippen LogP contribution in [0.25, 0.3) is 16.7 Å². The lowest BCUT2D eigenvalue weighted by atomic mass is 10.1. The summed E-state index contributed by atoms with van der Waals surface area (Å²) in [6.45, 7) is 2.05. The van der Waals surface area contributed by atoms with Crippen molar-refractivity contribution >= 4 is 34.3 Å². The van der Waals surface area contributed by atoms with E-state index in [1.807, 2.05) is 48.7 Å². The van der Waals surface area contributed by atoms with Crippen molar-refractivity contribution in [2.24, 2.45) is 0 Å². The van der Waals surface area contributed by atoms with Gasteiger partial charge in [-0.2, -0.15) is 0 Å². The van der Waals surface area contributed by atoms with E-state index in [1.165, 1.54) is 17.3 Å². The Hall–Kier alpha value is -2.86. The number of carbonyl (C=O) groups excluding carboxylic acids is 1. The van der Waals surface area contributed by atoms with Gasteiger partial charge < -0.3 is 9.72 Å². The zero-order valence-electron chi connectivity index (χ0n) is 15.7. The lowest BCUT2D eigenvalue weighted by molar-refractivity contribution is -0.119. The molecule has 0 saturated carbocycles. The highest BCUT2D eigenvalue weighted by Crippen LogP contribution is 2.25. The molecule has 0 saturated heterocycles. The van der Waals surface area contributed by atoms with Crippen LogP contribution in [0.2, 0.25) is 0 Å². The predicted octanol–water partition coefficient (Wildman–Crippen LogP) is 4.11. The minimum absolute atomic E-state index is 0.0261. The molecule has 0 fully saturated rings. The monoisotopic (exact) mass is 390 g/mol. The molecule has 1 amide bonds. The number of benzene rings is 1. The largest absolute Gasteiger partial charge is 0.353 e. The van der Waals surface area contributed by atoms with Crippen LogP contribution in [0.3, 0.4) is 0 Å².